The van der Waals surface area contributed by atoms with Crippen molar-refractivity contribution in [3.8, 4) is 0 Å². The van der Waals surface area contributed by atoms with Crippen LogP contribution in [0.4, 0.5) is 0 Å². The number of halogens is 1. The third kappa shape index (κ3) is 2.87. The van der Waals surface area contributed by atoms with E-state index < -0.39 is 5.97 Å². The van der Waals surface area contributed by atoms with Crippen molar-refractivity contribution in [2.75, 3.05) is 0 Å². The highest BCUT2D eigenvalue weighted by atomic mass is 79.9. The van der Waals surface area contributed by atoms with Gasteiger partial charge < -0.3 is 9.72 Å². The maximum atomic E-state index is 11.9. The molecule has 3 aromatic rings. The first-order chi connectivity index (χ1) is 10.1. The molecular formula is C14H10BrN3O3. The van der Waals surface area contributed by atoms with Crippen molar-refractivity contribution in [3.05, 3.63) is 68.9 Å². The molecule has 0 radical (unpaired) electrons. The van der Waals surface area contributed by atoms with E-state index in [9.17, 15) is 9.59 Å². The molecule has 3 heterocycles. The van der Waals surface area contributed by atoms with Crippen LogP contribution in [-0.2, 0) is 11.3 Å². The highest BCUT2D eigenvalue weighted by Gasteiger charge is 2.10. The van der Waals surface area contributed by atoms with Crippen LogP contribution in [0.1, 0.15) is 16.2 Å². The number of H-pyrrole nitrogens is 1. The molecule has 106 valence electrons. The first kappa shape index (κ1) is 13.6. The number of rotatable bonds is 3. The van der Waals surface area contributed by atoms with Gasteiger partial charge in [-0.15, -0.1) is 0 Å². The van der Waals surface area contributed by atoms with Gasteiger partial charge in [0.15, 0.2) is 0 Å². The number of fused-ring (bicyclic) bond motifs is 1. The highest BCUT2D eigenvalue weighted by molar-refractivity contribution is 9.10. The molecule has 0 saturated carbocycles. The van der Waals surface area contributed by atoms with Crippen LogP contribution >= 0.6 is 15.9 Å². The summed E-state index contributed by atoms with van der Waals surface area (Å²) >= 11 is 3.24. The summed E-state index contributed by atoms with van der Waals surface area (Å²) in [5.41, 5.74) is 1.04. The van der Waals surface area contributed by atoms with Crippen molar-refractivity contribution in [2.45, 2.75) is 6.61 Å². The van der Waals surface area contributed by atoms with Crippen LogP contribution in [0.5, 0.6) is 0 Å². The first-order valence-corrected chi connectivity index (χ1v) is 6.91. The number of aromatic nitrogens is 3. The lowest BCUT2D eigenvalue weighted by atomic mass is 10.4. The van der Waals surface area contributed by atoms with Crippen molar-refractivity contribution in [2.24, 2.45) is 0 Å². The third-order valence-corrected chi connectivity index (χ3v) is 3.30. The van der Waals surface area contributed by atoms with E-state index in [1.807, 2.05) is 0 Å². The lowest BCUT2D eigenvalue weighted by molar-refractivity contribution is 0.0461. The molecule has 0 aromatic carbocycles. The summed E-state index contributed by atoms with van der Waals surface area (Å²) in [7, 11) is 0. The van der Waals surface area contributed by atoms with Gasteiger partial charge in [-0.1, -0.05) is 6.07 Å². The van der Waals surface area contributed by atoms with E-state index in [0.717, 1.165) is 4.47 Å². The average molecular weight is 348 g/mol. The van der Waals surface area contributed by atoms with Gasteiger partial charge in [0.1, 0.15) is 17.9 Å². The molecule has 7 heteroatoms. The Morgan fingerprint density at radius 1 is 1.38 bits per heavy atom. The van der Waals surface area contributed by atoms with E-state index in [1.165, 1.54) is 10.5 Å². The number of ether oxygens (including phenoxy) is 1. The Kier molecular flexibility index (Phi) is 3.57. The molecule has 0 amide bonds. The third-order valence-electron chi connectivity index (χ3n) is 2.84. The second-order valence-corrected chi connectivity index (χ2v) is 5.24. The van der Waals surface area contributed by atoms with E-state index in [2.05, 4.69) is 25.9 Å². The zero-order valence-electron chi connectivity index (χ0n) is 10.7. The van der Waals surface area contributed by atoms with Gasteiger partial charge in [0.05, 0.1) is 5.69 Å². The van der Waals surface area contributed by atoms with Crippen LogP contribution in [0.3, 0.4) is 0 Å². The molecule has 3 aromatic heterocycles. The molecule has 21 heavy (non-hydrogen) atoms. The molecule has 0 aliphatic heterocycles. The average Bonchev–Trinajstić information content (AvgIpc) is 2.91. The zero-order chi connectivity index (χ0) is 14.8. The predicted octanol–water partition coefficient (Wildman–Crippen LogP) is 2.14. The summed E-state index contributed by atoms with van der Waals surface area (Å²) in [6, 6.07) is 8.22. The summed E-state index contributed by atoms with van der Waals surface area (Å²) in [4.78, 5) is 30.7. The molecule has 0 atom stereocenters. The van der Waals surface area contributed by atoms with Gasteiger partial charge in [0.25, 0.3) is 5.56 Å². The fourth-order valence-corrected chi connectivity index (χ4v) is 2.22. The van der Waals surface area contributed by atoms with Crippen LogP contribution in [0.25, 0.3) is 5.65 Å². The minimum atomic E-state index is -0.504. The second kappa shape index (κ2) is 5.53. The van der Waals surface area contributed by atoms with E-state index in [-0.39, 0.29) is 12.2 Å². The molecule has 0 aliphatic carbocycles. The monoisotopic (exact) mass is 347 g/mol. The van der Waals surface area contributed by atoms with Crippen molar-refractivity contribution >= 4 is 27.5 Å². The van der Waals surface area contributed by atoms with Gasteiger partial charge in [-0.05, 0) is 34.1 Å². The number of esters is 1. The van der Waals surface area contributed by atoms with E-state index in [0.29, 0.717) is 17.0 Å². The Morgan fingerprint density at radius 2 is 2.24 bits per heavy atom. The second-order valence-electron chi connectivity index (χ2n) is 4.32. The molecule has 1 N–H and O–H groups in total. The maximum absolute atomic E-state index is 11.9. The fraction of sp³-hybridized carbons (Fsp3) is 0.0714. The lowest BCUT2D eigenvalue weighted by Gasteiger charge is -2.05. The number of aromatic amines is 1. The van der Waals surface area contributed by atoms with Gasteiger partial charge in [-0.2, -0.15) is 0 Å². The Hall–Kier alpha value is -2.41. The van der Waals surface area contributed by atoms with E-state index in [1.54, 1.807) is 36.7 Å². The Morgan fingerprint density at radius 3 is 3.00 bits per heavy atom. The minimum Gasteiger partial charge on any atom is -0.455 e. The first-order valence-electron chi connectivity index (χ1n) is 6.12. The molecule has 0 unspecified atom stereocenters. The number of hydrogen-bond acceptors (Lipinski definition) is 4. The molecule has 3 rings (SSSR count). The molecule has 0 saturated heterocycles. The van der Waals surface area contributed by atoms with E-state index >= 15 is 0 Å². The highest BCUT2D eigenvalue weighted by Crippen LogP contribution is 2.12. The number of hydrogen-bond donors (Lipinski definition) is 1. The van der Waals surface area contributed by atoms with Crippen molar-refractivity contribution < 1.29 is 9.53 Å². The Bertz CT molecular complexity index is 869. The summed E-state index contributed by atoms with van der Waals surface area (Å²) in [6.07, 6.45) is 3.27. The van der Waals surface area contributed by atoms with Gasteiger partial charge >= 0.3 is 5.97 Å². The van der Waals surface area contributed by atoms with Gasteiger partial charge in [-0.25, -0.2) is 9.78 Å². The molecular weight excluding hydrogens is 338 g/mol. The van der Waals surface area contributed by atoms with Crippen molar-refractivity contribution in [1.82, 2.24) is 14.4 Å². The predicted molar refractivity (Wildman–Crippen MR) is 79.1 cm³/mol. The molecule has 0 aliphatic rings. The van der Waals surface area contributed by atoms with Gasteiger partial charge in [0, 0.05) is 22.9 Å². The van der Waals surface area contributed by atoms with E-state index in [4.69, 9.17) is 4.74 Å². The normalized spacial score (nSPS) is 10.7. The van der Waals surface area contributed by atoms with Crippen molar-refractivity contribution in [3.63, 3.8) is 0 Å². The number of carbonyl (C=O) groups is 1. The minimum absolute atomic E-state index is 0.0594. The summed E-state index contributed by atoms with van der Waals surface area (Å²) in [5, 5.41) is 0. The van der Waals surface area contributed by atoms with Crippen LogP contribution in [0.2, 0.25) is 0 Å². The molecule has 0 fully saturated rings. The van der Waals surface area contributed by atoms with Crippen LogP contribution in [0.15, 0.2) is 52.0 Å². The molecule has 0 spiro atoms. The van der Waals surface area contributed by atoms with Gasteiger partial charge in [0.2, 0.25) is 0 Å². The number of carbonyl (C=O) groups excluding carboxylic acids is 1. The number of nitrogens with zero attached hydrogens (tertiary/aromatic N) is 2. The maximum Gasteiger partial charge on any atom is 0.355 e. The standard InChI is InChI=1S/C14H10BrN3O3/c15-9-5-11(16-7-9)14(20)21-8-10-6-13(19)18-4-2-1-3-12(18)17-10/h1-7,16H,8H2. The molecule has 0 bridgehead atoms. The van der Waals surface area contributed by atoms with Crippen molar-refractivity contribution in [1.29, 1.82) is 0 Å². The summed E-state index contributed by atoms with van der Waals surface area (Å²) in [5.74, 6) is -0.504. The SMILES string of the molecule is O=C(OCc1cc(=O)n2ccccc2n1)c1cc(Br)c[nH]1. The smallest absolute Gasteiger partial charge is 0.355 e. The number of pyridine rings is 1. The Balaban J connectivity index is 1.79. The largest absolute Gasteiger partial charge is 0.455 e. The lowest BCUT2D eigenvalue weighted by Crippen LogP contribution is -2.16. The van der Waals surface area contributed by atoms with Crippen LogP contribution in [-0.4, -0.2) is 20.3 Å². The zero-order valence-corrected chi connectivity index (χ0v) is 12.3. The summed E-state index contributed by atoms with van der Waals surface area (Å²) in [6.45, 7) is -0.0594. The fourth-order valence-electron chi connectivity index (χ4n) is 1.88. The van der Waals surface area contributed by atoms with Crippen LogP contribution < -0.4 is 5.56 Å². The topological polar surface area (TPSA) is 76.5 Å². The summed E-state index contributed by atoms with van der Waals surface area (Å²) < 4.78 is 7.31. The Labute approximate surface area is 127 Å². The van der Waals surface area contributed by atoms with Gasteiger partial charge in [-0.3, -0.25) is 9.20 Å². The molecule has 6 nitrogen and oxygen atoms in total. The quantitative estimate of drug-likeness (QED) is 0.736. The van der Waals surface area contributed by atoms with Crippen LogP contribution in [0, 0.1) is 0 Å². The number of nitrogens with one attached hydrogen (secondary N) is 1.